The molecule has 1 aromatic rings. The monoisotopic (exact) mass is 287 g/mol. The molecule has 0 radical (unpaired) electrons. The number of halogens is 2. The highest BCUT2D eigenvalue weighted by molar-refractivity contribution is 7.99. The topological polar surface area (TPSA) is 12.0 Å². The standard InChI is InChI=1S/C14H19ClFNS/c1-2-6-17-14(10-5-7-18-9-10)12-8-11(16)3-4-13(12)15/h3-4,8,10,14,17H,2,5-7,9H2,1H3. The molecule has 0 saturated carbocycles. The van der Waals surface area contributed by atoms with Crippen LogP contribution in [0.15, 0.2) is 18.2 Å². The van der Waals surface area contributed by atoms with Gasteiger partial charge in [-0.1, -0.05) is 18.5 Å². The van der Waals surface area contributed by atoms with Crippen LogP contribution in [-0.2, 0) is 0 Å². The molecule has 18 heavy (non-hydrogen) atoms. The molecule has 1 aliphatic heterocycles. The van der Waals surface area contributed by atoms with Crippen molar-refractivity contribution in [3.63, 3.8) is 0 Å². The van der Waals surface area contributed by atoms with Crippen LogP contribution in [0.5, 0.6) is 0 Å². The Bertz CT molecular complexity index is 393. The lowest BCUT2D eigenvalue weighted by atomic mass is 9.92. The third kappa shape index (κ3) is 3.40. The van der Waals surface area contributed by atoms with Crippen molar-refractivity contribution in [2.24, 2.45) is 5.92 Å². The smallest absolute Gasteiger partial charge is 0.123 e. The van der Waals surface area contributed by atoms with E-state index in [1.54, 1.807) is 12.1 Å². The Hall–Kier alpha value is -0.250. The van der Waals surface area contributed by atoms with Gasteiger partial charge in [0.15, 0.2) is 0 Å². The summed E-state index contributed by atoms with van der Waals surface area (Å²) in [6.07, 6.45) is 2.25. The molecule has 2 unspecified atom stereocenters. The number of benzene rings is 1. The highest BCUT2D eigenvalue weighted by Crippen LogP contribution is 2.37. The normalized spacial score (nSPS) is 21.2. The summed E-state index contributed by atoms with van der Waals surface area (Å²) >= 11 is 8.21. The molecule has 0 aromatic heterocycles. The van der Waals surface area contributed by atoms with Gasteiger partial charge < -0.3 is 5.32 Å². The predicted octanol–water partition coefficient (Wildman–Crippen LogP) is 4.27. The minimum absolute atomic E-state index is 0.183. The van der Waals surface area contributed by atoms with Crippen molar-refractivity contribution >= 4 is 23.4 Å². The average molecular weight is 288 g/mol. The second-order valence-electron chi connectivity index (χ2n) is 4.72. The minimum atomic E-state index is -0.205. The van der Waals surface area contributed by atoms with Gasteiger partial charge in [0, 0.05) is 11.1 Å². The maximum absolute atomic E-state index is 13.4. The summed E-state index contributed by atoms with van der Waals surface area (Å²) < 4.78 is 13.4. The highest BCUT2D eigenvalue weighted by Gasteiger charge is 2.27. The number of hydrogen-bond donors (Lipinski definition) is 1. The first-order valence-corrected chi connectivity index (χ1v) is 8.01. The Labute approximate surface area is 117 Å². The summed E-state index contributed by atoms with van der Waals surface area (Å²) in [5, 5.41) is 4.20. The van der Waals surface area contributed by atoms with Gasteiger partial charge in [0.2, 0.25) is 0 Å². The van der Waals surface area contributed by atoms with Crippen molar-refractivity contribution in [1.29, 1.82) is 0 Å². The fourth-order valence-corrected chi connectivity index (χ4v) is 3.93. The number of hydrogen-bond acceptors (Lipinski definition) is 2. The van der Waals surface area contributed by atoms with Crippen LogP contribution in [0.25, 0.3) is 0 Å². The Balaban J connectivity index is 2.23. The van der Waals surface area contributed by atoms with Gasteiger partial charge in [-0.3, -0.25) is 0 Å². The molecule has 1 N–H and O–H groups in total. The lowest BCUT2D eigenvalue weighted by Crippen LogP contribution is -2.29. The zero-order valence-corrected chi connectivity index (χ0v) is 12.2. The first-order valence-electron chi connectivity index (χ1n) is 6.48. The first-order chi connectivity index (χ1) is 8.72. The van der Waals surface area contributed by atoms with Gasteiger partial charge in [0.25, 0.3) is 0 Å². The molecule has 1 aromatic carbocycles. The first kappa shape index (κ1) is 14.2. The molecule has 1 fully saturated rings. The van der Waals surface area contributed by atoms with Gasteiger partial charge in [-0.05, 0) is 60.6 Å². The summed E-state index contributed by atoms with van der Waals surface area (Å²) in [7, 11) is 0. The second kappa shape index (κ2) is 6.78. The lowest BCUT2D eigenvalue weighted by Gasteiger charge is -2.25. The van der Waals surface area contributed by atoms with E-state index < -0.39 is 0 Å². The van der Waals surface area contributed by atoms with Crippen molar-refractivity contribution in [1.82, 2.24) is 5.32 Å². The average Bonchev–Trinajstić information content (AvgIpc) is 2.88. The fraction of sp³-hybridized carbons (Fsp3) is 0.571. The number of nitrogens with one attached hydrogen (secondary N) is 1. The van der Waals surface area contributed by atoms with E-state index in [0.29, 0.717) is 10.9 Å². The van der Waals surface area contributed by atoms with Crippen LogP contribution >= 0.6 is 23.4 Å². The van der Waals surface area contributed by atoms with Crippen molar-refractivity contribution < 1.29 is 4.39 Å². The molecule has 1 heterocycles. The molecule has 0 amide bonds. The van der Waals surface area contributed by atoms with Gasteiger partial charge in [0.1, 0.15) is 5.82 Å². The molecule has 2 rings (SSSR count). The van der Waals surface area contributed by atoms with E-state index >= 15 is 0 Å². The van der Waals surface area contributed by atoms with E-state index in [9.17, 15) is 4.39 Å². The maximum atomic E-state index is 13.4. The SMILES string of the molecule is CCCNC(c1cc(F)ccc1Cl)C1CCSC1. The number of thioether (sulfide) groups is 1. The summed E-state index contributed by atoms with van der Waals surface area (Å²) in [6, 6.07) is 4.85. The van der Waals surface area contributed by atoms with Crippen LogP contribution in [0.2, 0.25) is 5.02 Å². The van der Waals surface area contributed by atoms with Crippen molar-refractivity contribution in [3.8, 4) is 0 Å². The van der Waals surface area contributed by atoms with Crippen LogP contribution in [0.3, 0.4) is 0 Å². The van der Waals surface area contributed by atoms with Crippen molar-refractivity contribution in [3.05, 3.63) is 34.6 Å². The van der Waals surface area contributed by atoms with Crippen LogP contribution in [0.4, 0.5) is 4.39 Å². The van der Waals surface area contributed by atoms with E-state index in [-0.39, 0.29) is 11.9 Å². The molecule has 100 valence electrons. The molecule has 1 aliphatic rings. The van der Waals surface area contributed by atoms with Gasteiger partial charge in [-0.25, -0.2) is 4.39 Å². The fourth-order valence-electron chi connectivity index (χ4n) is 2.40. The van der Waals surface area contributed by atoms with Crippen molar-refractivity contribution in [2.45, 2.75) is 25.8 Å². The van der Waals surface area contributed by atoms with E-state index in [1.165, 1.54) is 18.2 Å². The summed E-state index contributed by atoms with van der Waals surface area (Å²) in [5.41, 5.74) is 0.914. The van der Waals surface area contributed by atoms with Gasteiger partial charge in [0.05, 0.1) is 0 Å². The Morgan fingerprint density at radius 3 is 3.06 bits per heavy atom. The predicted molar refractivity (Wildman–Crippen MR) is 77.9 cm³/mol. The Kier molecular flexibility index (Phi) is 5.34. The third-order valence-electron chi connectivity index (χ3n) is 3.34. The summed E-state index contributed by atoms with van der Waals surface area (Å²) in [4.78, 5) is 0. The quantitative estimate of drug-likeness (QED) is 0.868. The van der Waals surface area contributed by atoms with E-state index in [1.807, 2.05) is 11.8 Å². The van der Waals surface area contributed by atoms with Crippen LogP contribution in [0, 0.1) is 11.7 Å². The van der Waals surface area contributed by atoms with Gasteiger partial charge in [-0.15, -0.1) is 0 Å². The Morgan fingerprint density at radius 2 is 2.39 bits per heavy atom. The van der Waals surface area contributed by atoms with E-state index in [2.05, 4.69) is 12.2 Å². The zero-order chi connectivity index (χ0) is 13.0. The molecular formula is C14H19ClFNS. The van der Waals surface area contributed by atoms with E-state index in [0.717, 1.165) is 24.3 Å². The molecule has 1 nitrogen and oxygen atoms in total. The molecule has 4 heteroatoms. The third-order valence-corrected chi connectivity index (χ3v) is 4.88. The highest BCUT2D eigenvalue weighted by atomic mass is 35.5. The molecule has 1 saturated heterocycles. The number of rotatable bonds is 5. The Morgan fingerprint density at radius 1 is 1.56 bits per heavy atom. The molecule has 0 bridgehead atoms. The molecule has 0 aliphatic carbocycles. The molecular weight excluding hydrogens is 269 g/mol. The van der Waals surface area contributed by atoms with Gasteiger partial charge >= 0.3 is 0 Å². The lowest BCUT2D eigenvalue weighted by molar-refractivity contribution is 0.392. The van der Waals surface area contributed by atoms with E-state index in [4.69, 9.17) is 11.6 Å². The summed E-state index contributed by atoms with van der Waals surface area (Å²) in [5.74, 6) is 2.68. The van der Waals surface area contributed by atoms with Gasteiger partial charge in [-0.2, -0.15) is 11.8 Å². The molecule has 0 spiro atoms. The maximum Gasteiger partial charge on any atom is 0.123 e. The largest absolute Gasteiger partial charge is 0.310 e. The summed E-state index contributed by atoms with van der Waals surface area (Å²) in [6.45, 7) is 3.08. The van der Waals surface area contributed by atoms with Crippen LogP contribution < -0.4 is 5.32 Å². The van der Waals surface area contributed by atoms with Crippen molar-refractivity contribution in [2.75, 3.05) is 18.1 Å². The second-order valence-corrected chi connectivity index (χ2v) is 6.28. The van der Waals surface area contributed by atoms with Crippen LogP contribution in [0.1, 0.15) is 31.4 Å². The minimum Gasteiger partial charge on any atom is -0.310 e. The zero-order valence-electron chi connectivity index (χ0n) is 10.6. The molecule has 2 atom stereocenters. The van der Waals surface area contributed by atoms with Crippen LogP contribution in [-0.4, -0.2) is 18.1 Å².